The van der Waals surface area contributed by atoms with Crippen molar-refractivity contribution in [1.82, 2.24) is 4.98 Å². The van der Waals surface area contributed by atoms with Crippen molar-refractivity contribution in [2.75, 3.05) is 40.5 Å². The van der Waals surface area contributed by atoms with Gasteiger partial charge in [-0.3, -0.25) is 9.78 Å². The van der Waals surface area contributed by atoms with Crippen molar-refractivity contribution in [3.05, 3.63) is 36.7 Å². The highest BCUT2D eigenvalue weighted by Gasteiger charge is 2.17. The topological polar surface area (TPSA) is 82.5 Å². The zero-order valence-corrected chi connectivity index (χ0v) is 16.7. The van der Waals surface area contributed by atoms with Crippen LogP contribution < -0.4 is 4.89 Å². The van der Waals surface area contributed by atoms with Crippen LogP contribution in [0.15, 0.2) is 31.1 Å². The van der Waals surface area contributed by atoms with E-state index in [1.165, 1.54) is 0 Å². The number of nitrogens with zero attached hydrogens (tertiary/aromatic N) is 2. The fourth-order valence-electron chi connectivity index (χ4n) is 1.53. The van der Waals surface area contributed by atoms with Gasteiger partial charge in [0, 0.05) is 12.4 Å². The normalized spacial score (nSPS) is 12.0. The molecule has 0 aliphatic rings. The Morgan fingerprint density at radius 1 is 1.40 bits per heavy atom. The van der Waals surface area contributed by atoms with Gasteiger partial charge in [0.25, 0.3) is 5.48 Å². The van der Waals surface area contributed by atoms with Gasteiger partial charge < -0.3 is 19.2 Å². The molecule has 7 heteroatoms. The van der Waals surface area contributed by atoms with Crippen molar-refractivity contribution in [2.24, 2.45) is 5.92 Å². The number of hydrogen-bond acceptors (Lipinski definition) is 4. The number of aliphatic hydroxyl groups excluding tert-OH is 1. The smallest absolute Gasteiger partial charge is 0.308 e. The number of pyridine rings is 1. The molecule has 0 spiro atoms. The highest BCUT2D eigenvalue weighted by Crippen LogP contribution is 2.13. The minimum absolute atomic E-state index is 0.0203. The van der Waals surface area contributed by atoms with E-state index in [0.29, 0.717) is 11.0 Å². The van der Waals surface area contributed by atoms with Gasteiger partial charge in [0.1, 0.15) is 12.8 Å². The monoisotopic (exact) mass is 369 g/mol. The summed E-state index contributed by atoms with van der Waals surface area (Å²) in [4.78, 5) is 26.6. The van der Waals surface area contributed by atoms with Gasteiger partial charge in [0.15, 0.2) is 6.54 Å². The fraction of sp³-hybridized carbons (Fsp3) is 0.500. The lowest BCUT2D eigenvalue weighted by molar-refractivity contribution is -0.861. The average molecular weight is 369 g/mol. The first-order chi connectivity index (χ1) is 11.6. The molecule has 1 unspecified atom stereocenters. The second-order valence-corrected chi connectivity index (χ2v) is 8.49. The van der Waals surface area contributed by atoms with E-state index in [-0.39, 0.29) is 30.1 Å². The third-order valence-corrected chi connectivity index (χ3v) is 4.16. The van der Waals surface area contributed by atoms with Crippen LogP contribution in [0.2, 0.25) is 0 Å². The number of esters is 1. The molecule has 0 saturated carbocycles. The molecule has 0 saturated heterocycles. The minimum atomic E-state index is -1.83. The number of rotatable bonds is 7. The molecule has 0 aliphatic carbocycles. The van der Waals surface area contributed by atoms with Gasteiger partial charge in [-0.05, 0) is 17.7 Å². The maximum Gasteiger partial charge on any atom is 0.308 e. The lowest BCUT2D eigenvalue weighted by Gasteiger charge is -2.22. The summed E-state index contributed by atoms with van der Waals surface area (Å²) < 4.78 is 5.41. The van der Waals surface area contributed by atoms with Crippen LogP contribution in [0, 0.1) is 5.92 Å². The average Bonchev–Trinajstić information content (AvgIpc) is 2.54. The van der Waals surface area contributed by atoms with E-state index in [9.17, 15) is 14.8 Å². The van der Waals surface area contributed by atoms with Crippen molar-refractivity contribution in [3.63, 3.8) is 0 Å². The number of aliphatic hydroxyl groups is 1. The number of likely N-dealkylation sites (N-methyl/N-ethyl adjacent to an activating group) is 1. The number of ether oxygens (including phenoxy) is 1. The second kappa shape index (κ2) is 11.9. The van der Waals surface area contributed by atoms with Gasteiger partial charge in [-0.1, -0.05) is 26.5 Å². The summed E-state index contributed by atoms with van der Waals surface area (Å²) in [7, 11) is 3.88. The molecule has 140 valence electrons. The standard InChI is InChI=1S/C11H22NO4P.C7H7N/c1-9(2)11(14)16-6-7-17(15)10(13)8-12(3,4)5;1-2-7-3-5-8-6-4-7/h9H,6-8H2,1-5H3;2-6H,1H2/p+1. The SMILES string of the molecule is C=Cc1ccncc1.CC(C)C(=O)OCC/[P+]([O-])=C(\O)C[N+](C)(C)C. The summed E-state index contributed by atoms with van der Waals surface area (Å²) in [5.74, 6) is -0.490. The van der Waals surface area contributed by atoms with E-state index >= 15 is 0 Å². The highest BCUT2D eigenvalue weighted by atomic mass is 31.1. The Balaban J connectivity index is 0.000000593. The molecular weight excluding hydrogens is 339 g/mol. The van der Waals surface area contributed by atoms with Crippen LogP contribution in [-0.2, 0) is 9.53 Å². The van der Waals surface area contributed by atoms with E-state index in [2.05, 4.69) is 11.6 Å². The van der Waals surface area contributed by atoms with E-state index in [4.69, 9.17) is 4.74 Å². The molecule has 6 nitrogen and oxygen atoms in total. The van der Waals surface area contributed by atoms with Crippen LogP contribution in [0.25, 0.3) is 6.08 Å². The molecule has 1 aromatic heterocycles. The van der Waals surface area contributed by atoms with Crippen LogP contribution in [0.1, 0.15) is 19.4 Å². The Labute approximate surface area is 151 Å². The Hall–Kier alpha value is -1.59. The van der Waals surface area contributed by atoms with Crippen molar-refractivity contribution in [3.8, 4) is 0 Å². The van der Waals surface area contributed by atoms with E-state index < -0.39 is 7.77 Å². The van der Waals surface area contributed by atoms with E-state index in [0.717, 1.165) is 5.56 Å². The first kappa shape index (κ1) is 23.4. The molecule has 25 heavy (non-hydrogen) atoms. The summed E-state index contributed by atoms with van der Waals surface area (Å²) in [6.45, 7) is 7.51. The van der Waals surface area contributed by atoms with Crippen molar-refractivity contribution in [2.45, 2.75) is 13.8 Å². The number of carbonyl (C=O) groups is 1. The summed E-state index contributed by atoms with van der Waals surface area (Å²) in [6.07, 6.45) is 5.47. The quantitative estimate of drug-likeness (QED) is 0.451. The van der Waals surface area contributed by atoms with Gasteiger partial charge in [0.05, 0.1) is 34.8 Å². The van der Waals surface area contributed by atoms with Crippen LogP contribution in [0.4, 0.5) is 0 Å². The maximum atomic E-state index is 11.6. The predicted octanol–water partition coefficient (Wildman–Crippen LogP) is 1.88. The molecule has 1 N–H and O–H groups in total. The first-order valence-corrected chi connectivity index (χ1v) is 9.50. The van der Waals surface area contributed by atoms with E-state index in [1.54, 1.807) is 32.3 Å². The molecule has 0 fully saturated rings. The highest BCUT2D eigenvalue weighted by molar-refractivity contribution is 7.51. The van der Waals surface area contributed by atoms with Gasteiger partial charge >= 0.3 is 5.97 Å². The summed E-state index contributed by atoms with van der Waals surface area (Å²) in [6, 6.07) is 3.82. The molecule has 1 atom stereocenters. The van der Waals surface area contributed by atoms with Crippen LogP contribution in [0.3, 0.4) is 0 Å². The predicted molar refractivity (Wildman–Crippen MR) is 102 cm³/mol. The molecule has 1 rings (SSSR count). The lowest BCUT2D eigenvalue weighted by Crippen LogP contribution is -2.39. The van der Waals surface area contributed by atoms with Crippen LogP contribution in [0.5, 0.6) is 0 Å². The third kappa shape index (κ3) is 12.4. The molecule has 1 aromatic rings. The lowest BCUT2D eigenvalue weighted by atomic mass is 10.2. The number of carbonyl (C=O) groups excluding carboxylic acids is 1. The van der Waals surface area contributed by atoms with Gasteiger partial charge in [-0.2, -0.15) is 0 Å². The Morgan fingerprint density at radius 2 is 1.96 bits per heavy atom. The fourth-order valence-corrected chi connectivity index (χ4v) is 2.62. The summed E-state index contributed by atoms with van der Waals surface area (Å²) in [5.41, 5.74) is 1.09. The van der Waals surface area contributed by atoms with Crippen LogP contribution in [-0.4, -0.2) is 66.5 Å². The maximum absolute atomic E-state index is 11.6. The number of hydrogen-bond donors (Lipinski definition) is 1. The second-order valence-electron chi connectivity index (χ2n) is 6.77. The molecule has 1 heterocycles. The Bertz CT molecular complexity index is 566. The van der Waals surface area contributed by atoms with Crippen molar-refractivity contribution < 1.29 is 24.0 Å². The molecular formula is C18H30N2O4P+. The zero-order valence-electron chi connectivity index (χ0n) is 15.8. The third-order valence-electron chi connectivity index (χ3n) is 2.86. The first-order valence-electron chi connectivity index (χ1n) is 8.06. The Morgan fingerprint density at radius 3 is 2.36 bits per heavy atom. The van der Waals surface area contributed by atoms with E-state index in [1.807, 2.05) is 33.3 Å². The molecule has 0 aliphatic heterocycles. The minimum Gasteiger partial charge on any atom is -0.628 e. The van der Waals surface area contributed by atoms with Gasteiger partial charge in [0.2, 0.25) is 0 Å². The zero-order chi connectivity index (χ0) is 19.5. The van der Waals surface area contributed by atoms with Crippen LogP contribution >= 0.6 is 7.77 Å². The summed E-state index contributed by atoms with van der Waals surface area (Å²) in [5, 5.41) is 9.60. The van der Waals surface area contributed by atoms with Crippen molar-refractivity contribution in [1.29, 1.82) is 0 Å². The molecule has 0 amide bonds. The molecule has 0 radical (unpaired) electrons. The summed E-state index contributed by atoms with van der Waals surface area (Å²) >= 11 is 0. The van der Waals surface area contributed by atoms with Gasteiger partial charge in [-0.25, -0.2) is 0 Å². The number of aromatic nitrogens is 1. The van der Waals surface area contributed by atoms with Crippen molar-refractivity contribution >= 4 is 25.3 Å². The Kier molecular flexibility index (Phi) is 11.1. The van der Waals surface area contributed by atoms with Gasteiger partial charge in [-0.15, -0.1) is 0 Å². The molecule has 0 aromatic carbocycles. The largest absolute Gasteiger partial charge is 0.628 e. The molecule has 0 bridgehead atoms. The number of quaternary nitrogens is 1.